The Hall–Kier alpha value is -4.02. The first-order chi connectivity index (χ1) is 15.0. The van der Waals surface area contributed by atoms with Gasteiger partial charge in [-0.25, -0.2) is 24.9 Å². The molecule has 4 rings (SSSR count). The van der Waals surface area contributed by atoms with Crippen molar-refractivity contribution in [2.24, 2.45) is 0 Å². The molecule has 31 heavy (non-hydrogen) atoms. The van der Waals surface area contributed by atoms with Gasteiger partial charge in [-0.15, -0.1) is 0 Å². The standard InChI is InChI=1S/C20H15F3N6O2/c21-20(22,23)13-1-6-16(27-11-13)31-15-4-2-14(3-5-15)30-10-9-26-19-17-18(28-12-29-19)25-8-7-24-17/h1-8,11-12H,9-10H2,(H,25,26,28,29). The topological polar surface area (TPSA) is 94.9 Å². The minimum Gasteiger partial charge on any atom is -0.492 e. The fourth-order valence-corrected chi connectivity index (χ4v) is 2.60. The Morgan fingerprint density at radius 1 is 0.839 bits per heavy atom. The van der Waals surface area contributed by atoms with Crippen LogP contribution in [0.1, 0.15) is 5.56 Å². The van der Waals surface area contributed by atoms with Crippen molar-refractivity contribution in [2.45, 2.75) is 6.18 Å². The van der Waals surface area contributed by atoms with E-state index >= 15 is 0 Å². The van der Waals surface area contributed by atoms with Crippen molar-refractivity contribution in [3.8, 4) is 17.4 Å². The number of nitrogens with zero attached hydrogens (tertiary/aromatic N) is 5. The highest BCUT2D eigenvalue weighted by molar-refractivity contribution is 5.81. The number of fused-ring (bicyclic) bond motifs is 1. The van der Waals surface area contributed by atoms with Gasteiger partial charge in [0.15, 0.2) is 11.5 Å². The van der Waals surface area contributed by atoms with Crippen molar-refractivity contribution < 1.29 is 22.6 Å². The van der Waals surface area contributed by atoms with Gasteiger partial charge < -0.3 is 14.8 Å². The molecule has 8 nitrogen and oxygen atoms in total. The highest BCUT2D eigenvalue weighted by atomic mass is 19.4. The number of ether oxygens (including phenoxy) is 2. The Morgan fingerprint density at radius 2 is 1.61 bits per heavy atom. The van der Waals surface area contributed by atoms with Gasteiger partial charge in [0.05, 0.1) is 12.1 Å². The van der Waals surface area contributed by atoms with E-state index in [4.69, 9.17) is 9.47 Å². The summed E-state index contributed by atoms with van der Waals surface area (Å²) >= 11 is 0. The molecule has 0 aliphatic carbocycles. The molecule has 3 aromatic heterocycles. The molecule has 0 bridgehead atoms. The number of halogens is 3. The summed E-state index contributed by atoms with van der Waals surface area (Å²) in [5, 5.41) is 3.13. The fourth-order valence-electron chi connectivity index (χ4n) is 2.60. The van der Waals surface area contributed by atoms with Gasteiger partial charge in [-0.3, -0.25) is 0 Å². The van der Waals surface area contributed by atoms with Gasteiger partial charge >= 0.3 is 6.18 Å². The maximum atomic E-state index is 12.6. The lowest BCUT2D eigenvalue weighted by atomic mass is 10.3. The predicted octanol–water partition coefficient (Wildman–Crippen LogP) is 4.12. The summed E-state index contributed by atoms with van der Waals surface area (Å²) < 4.78 is 48.8. The van der Waals surface area contributed by atoms with Crippen molar-refractivity contribution in [2.75, 3.05) is 18.5 Å². The van der Waals surface area contributed by atoms with Gasteiger partial charge in [0, 0.05) is 24.7 Å². The first kappa shape index (κ1) is 20.3. The molecule has 158 valence electrons. The minimum absolute atomic E-state index is 0.0612. The maximum Gasteiger partial charge on any atom is 0.417 e. The molecule has 0 amide bonds. The third-order valence-corrected chi connectivity index (χ3v) is 4.04. The summed E-state index contributed by atoms with van der Waals surface area (Å²) in [6.45, 7) is 0.822. The number of aromatic nitrogens is 5. The van der Waals surface area contributed by atoms with E-state index in [0.717, 1.165) is 12.3 Å². The Balaban J connectivity index is 1.28. The largest absolute Gasteiger partial charge is 0.492 e. The van der Waals surface area contributed by atoms with Crippen LogP contribution in [0.4, 0.5) is 19.0 Å². The van der Waals surface area contributed by atoms with Gasteiger partial charge in [0.2, 0.25) is 5.88 Å². The number of pyridine rings is 1. The van der Waals surface area contributed by atoms with Crippen molar-refractivity contribution >= 4 is 17.0 Å². The molecule has 0 aliphatic heterocycles. The summed E-state index contributed by atoms with van der Waals surface area (Å²) in [5.74, 6) is 1.64. The number of benzene rings is 1. The first-order valence-corrected chi connectivity index (χ1v) is 9.08. The van der Waals surface area contributed by atoms with Crippen molar-refractivity contribution in [1.29, 1.82) is 0 Å². The average Bonchev–Trinajstić information content (AvgIpc) is 2.78. The molecule has 0 unspecified atom stereocenters. The zero-order valence-corrected chi connectivity index (χ0v) is 15.9. The summed E-state index contributed by atoms with van der Waals surface area (Å²) in [6, 6.07) is 8.72. The predicted molar refractivity (Wildman–Crippen MR) is 105 cm³/mol. The highest BCUT2D eigenvalue weighted by Gasteiger charge is 2.30. The molecule has 0 saturated heterocycles. The Morgan fingerprint density at radius 3 is 2.35 bits per heavy atom. The summed E-state index contributed by atoms with van der Waals surface area (Å²) in [6.07, 6.45) is 0.824. The second-order valence-electron chi connectivity index (χ2n) is 6.18. The molecule has 0 saturated carbocycles. The SMILES string of the molecule is FC(F)(F)c1ccc(Oc2ccc(OCCNc3ncnc4nccnc34)cc2)nc1. The molecule has 3 heterocycles. The van der Waals surface area contributed by atoms with Crippen LogP contribution < -0.4 is 14.8 Å². The van der Waals surface area contributed by atoms with E-state index < -0.39 is 11.7 Å². The maximum absolute atomic E-state index is 12.6. The summed E-state index contributed by atoms with van der Waals surface area (Å²) in [4.78, 5) is 20.2. The van der Waals surface area contributed by atoms with Crippen molar-refractivity contribution in [1.82, 2.24) is 24.9 Å². The summed E-state index contributed by atoms with van der Waals surface area (Å²) in [7, 11) is 0. The fraction of sp³-hybridized carbons (Fsp3) is 0.150. The van der Waals surface area contributed by atoms with Crippen LogP contribution in [-0.4, -0.2) is 38.1 Å². The Labute approximate surface area is 174 Å². The Bertz CT molecular complexity index is 1150. The van der Waals surface area contributed by atoms with Gasteiger partial charge in [0.25, 0.3) is 0 Å². The second kappa shape index (κ2) is 8.78. The molecule has 0 fully saturated rings. The summed E-state index contributed by atoms with van der Waals surface area (Å²) in [5.41, 5.74) is 0.238. The Kier molecular flexibility index (Phi) is 5.74. The zero-order chi connectivity index (χ0) is 21.7. The average molecular weight is 428 g/mol. The molecule has 0 radical (unpaired) electrons. The minimum atomic E-state index is -4.44. The zero-order valence-electron chi connectivity index (χ0n) is 15.9. The van der Waals surface area contributed by atoms with Crippen LogP contribution in [0.2, 0.25) is 0 Å². The van der Waals surface area contributed by atoms with Crippen LogP contribution in [0.15, 0.2) is 61.3 Å². The van der Waals surface area contributed by atoms with E-state index in [0.29, 0.717) is 41.6 Å². The normalized spacial score (nSPS) is 11.3. The number of hydrogen-bond acceptors (Lipinski definition) is 8. The molecule has 1 aromatic carbocycles. The van der Waals surface area contributed by atoms with Crippen molar-refractivity contribution in [3.63, 3.8) is 0 Å². The number of alkyl halides is 3. The first-order valence-electron chi connectivity index (χ1n) is 9.08. The van der Waals surface area contributed by atoms with Crippen LogP contribution >= 0.6 is 0 Å². The van der Waals surface area contributed by atoms with Crippen molar-refractivity contribution in [3.05, 3.63) is 66.9 Å². The lowest BCUT2D eigenvalue weighted by Gasteiger charge is -2.10. The number of rotatable bonds is 7. The molecule has 4 aromatic rings. The van der Waals surface area contributed by atoms with E-state index in [1.807, 2.05) is 0 Å². The van der Waals surface area contributed by atoms with Crippen LogP contribution in [0.25, 0.3) is 11.2 Å². The van der Waals surface area contributed by atoms with Gasteiger partial charge in [-0.05, 0) is 30.3 Å². The third kappa shape index (κ3) is 5.13. The monoisotopic (exact) mass is 428 g/mol. The number of nitrogens with one attached hydrogen (secondary N) is 1. The van der Waals surface area contributed by atoms with Crippen LogP contribution in [0.3, 0.4) is 0 Å². The van der Waals surface area contributed by atoms with E-state index in [2.05, 4.69) is 30.2 Å². The smallest absolute Gasteiger partial charge is 0.417 e. The van der Waals surface area contributed by atoms with E-state index in [-0.39, 0.29) is 5.88 Å². The van der Waals surface area contributed by atoms with Gasteiger partial charge in [-0.2, -0.15) is 13.2 Å². The van der Waals surface area contributed by atoms with E-state index in [1.54, 1.807) is 36.7 Å². The lowest BCUT2D eigenvalue weighted by molar-refractivity contribution is -0.137. The highest BCUT2D eigenvalue weighted by Crippen LogP contribution is 2.30. The lowest BCUT2D eigenvalue weighted by Crippen LogP contribution is -2.13. The molecule has 0 aliphatic rings. The molecular weight excluding hydrogens is 413 g/mol. The quantitative estimate of drug-likeness (QED) is 0.440. The number of hydrogen-bond donors (Lipinski definition) is 1. The van der Waals surface area contributed by atoms with Gasteiger partial charge in [0.1, 0.15) is 29.9 Å². The molecule has 11 heteroatoms. The number of anilines is 1. The molecule has 1 N–H and O–H groups in total. The van der Waals surface area contributed by atoms with Gasteiger partial charge in [-0.1, -0.05) is 0 Å². The molecule has 0 atom stereocenters. The van der Waals surface area contributed by atoms with E-state index in [9.17, 15) is 13.2 Å². The van der Waals surface area contributed by atoms with Crippen LogP contribution in [0, 0.1) is 0 Å². The van der Waals surface area contributed by atoms with Crippen LogP contribution in [0.5, 0.6) is 17.4 Å². The molecular formula is C20H15F3N6O2. The second-order valence-corrected chi connectivity index (χ2v) is 6.18. The van der Waals surface area contributed by atoms with Crippen LogP contribution in [-0.2, 0) is 6.18 Å². The van der Waals surface area contributed by atoms with E-state index in [1.165, 1.54) is 12.4 Å². The third-order valence-electron chi connectivity index (χ3n) is 4.04. The molecule has 0 spiro atoms.